The first-order valence-corrected chi connectivity index (χ1v) is 13.5. The number of amides is 1. The van der Waals surface area contributed by atoms with Crippen LogP contribution in [0.4, 0.5) is 0 Å². The summed E-state index contributed by atoms with van der Waals surface area (Å²) in [6.07, 6.45) is 17.8. The van der Waals surface area contributed by atoms with Crippen molar-refractivity contribution in [3.05, 3.63) is 12.2 Å². The summed E-state index contributed by atoms with van der Waals surface area (Å²) in [5, 5.41) is 27.5. The zero-order valence-corrected chi connectivity index (χ0v) is 21.4. The van der Waals surface area contributed by atoms with Gasteiger partial charge in [0.2, 0.25) is 5.91 Å². The molecule has 33 heavy (non-hydrogen) atoms. The summed E-state index contributed by atoms with van der Waals surface area (Å²) in [6.45, 7) is 1.86. The Balaban J connectivity index is 3.90. The largest absolute Gasteiger partial charge is 0.480 e. The van der Waals surface area contributed by atoms with Crippen LogP contribution in [0.3, 0.4) is 0 Å². The maximum atomic E-state index is 11.8. The second kappa shape index (κ2) is 21.0. The highest BCUT2D eigenvalue weighted by molar-refractivity contribution is 8.00. The number of thioether (sulfide) groups is 1. The first kappa shape index (κ1) is 31.5. The Morgan fingerprint density at radius 3 is 2.03 bits per heavy atom. The van der Waals surface area contributed by atoms with Crippen molar-refractivity contribution in [1.82, 2.24) is 4.90 Å². The average Bonchev–Trinajstić information content (AvgIpc) is 2.75. The number of carboxylic acid groups (broad SMARTS) is 2. The van der Waals surface area contributed by atoms with Crippen LogP contribution in [0.2, 0.25) is 0 Å². The highest BCUT2D eigenvalue weighted by Crippen LogP contribution is 2.20. The van der Waals surface area contributed by atoms with Gasteiger partial charge in [0, 0.05) is 19.2 Å². The monoisotopic (exact) mass is 487 g/mol. The van der Waals surface area contributed by atoms with Crippen LogP contribution in [-0.4, -0.2) is 68.8 Å². The molecular weight excluding hydrogens is 442 g/mol. The smallest absolute Gasteiger partial charge is 0.323 e. The van der Waals surface area contributed by atoms with E-state index in [2.05, 4.69) is 13.0 Å². The molecule has 0 heterocycles. The van der Waals surface area contributed by atoms with Gasteiger partial charge < -0.3 is 20.2 Å². The van der Waals surface area contributed by atoms with Crippen molar-refractivity contribution in [3.8, 4) is 0 Å². The molecule has 2 atom stereocenters. The highest BCUT2D eigenvalue weighted by Gasteiger charge is 2.22. The van der Waals surface area contributed by atoms with Crippen LogP contribution < -0.4 is 0 Å². The van der Waals surface area contributed by atoms with Crippen molar-refractivity contribution >= 4 is 29.6 Å². The van der Waals surface area contributed by atoms with Crippen LogP contribution in [-0.2, 0) is 14.4 Å². The summed E-state index contributed by atoms with van der Waals surface area (Å²) in [5.74, 6) is -2.18. The predicted molar refractivity (Wildman–Crippen MR) is 135 cm³/mol. The minimum Gasteiger partial charge on any atom is -0.480 e. The minimum absolute atomic E-state index is 0.0626. The molecule has 2 unspecified atom stereocenters. The Hall–Kier alpha value is -1.54. The standard InChI is InChI=1S/C25H45NO6S/c1-3-4-5-6-7-8-9-10-11-12-13-14-15-16-21(27)19-22(25(31)32)33-18-17-23(28)26(2)20-24(29)30/h14-15,21-22,27H,3-13,16-20H2,1-2H3,(H,29,30)(H,31,32)/b15-14-. The number of hydrogen-bond donors (Lipinski definition) is 3. The van der Waals surface area contributed by atoms with Crippen molar-refractivity contribution in [2.45, 2.75) is 108 Å². The zero-order valence-electron chi connectivity index (χ0n) is 20.5. The molecule has 0 saturated carbocycles. The van der Waals surface area contributed by atoms with E-state index in [-0.39, 0.29) is 31.0 Å². The van der Waals surface area contributed by atoms with Gasteiger partial charge in [-0.1, -0.05) is 76.9 Å². The number of aliphatic hydroxyl groups is 1. The lowest BCUT2D eigenvalue weighted by molar-refractivity contribution is -0.143. The van der Waals surface area contributed by atoms with Gasteiger partial charge >= 0.3 is 11.9 Å². The fraction of sp³-hybridized carbons (Fsp3) is 0.800. The van der Waals surface area contributed by atoms with E-state index in [1.165, 1.54) is 64.8 Å². The summed E-state index contributed by atoms with van der Waals surface area (Å²) in [4.78, 5) is 35.0. The number of aliphatic hydroxyl groups excluding tert-OH is 1. The zero-order chi connectivity index (χ0) is 24.9. The summed E-state index contributed by atoms with van der Waals surface area (Å²) in [6, 6.07) is 0. The summed E-state index contributed by atoms with van der Waals surface area (Å²) in [5.41, 5.74) is 0. The number of carbonyl (C=O) groups is 3. The Morgan fingerprint density at radius 2 is 1.48 bits per heavy atom. The number of hydrogen-bond acceptors (Lipinski definition) is 5. The molecule has 0 aliphatic rings. The van der Waals surface area contributed by atoms with Crippen molar-refractivity contribution < 1.29 is 29.7 Å². The van der Waals surface area contributed by atoms with Gasteiger partial charge in [-0.05, 0) is 25.7 Å². The SMILES string of the molecule is CCCCCCCCCCCC/C=C\CC(O)CC(SCCC(=O)N(C)CC(=O)O)C(=O)O. The molecule has 3 N–H and O–H groups in total. The molecule has 0 spiro atoms. The maximum absolute atomic E-state index is 11.8. The van der Waals surface area contributed by atoms with E-state index in [1.807, 2.05) is 6.08 Å². The van der Waals surface area contributed by atoms with Gasteiger partial charge in [0.25, 0.3) is 0 Å². The van der Waals surface area contributed by atoms with Crippen LogP contribution >= 0.6 is 11.8 Å². The lowest BCUT2D eigenvalue weighted by Gasteiger charge is -2.17. The van der Waals surface area contributed by atoms with Crippen molar-refractivity contribution in [2.24, 2.45) is 0 Å². The number of allylic oxidation sites excluding steroid dienone is 1. The predicted octanol–water partition coefficient (Wildman–Crippen LogP) is 5.11. The van der Waals surface area contributed by atoms with Gasteiger partial charge in [-0.3, -0.25) is 14.4 Å². The molecule has 0 aromatic heterocycles. The van der Waals surface area contributed by atoms with Crippen LogP contribution in [0.25, 0.3) is 0 Å². The van der Waals surface area contributed by atoms with E-state index in [4.69, 9.17) is 5.11 Å². The summed E-state index contributed by atoms with van der Waals surface area (Å²) in [7, 11) is 1.40. The minimum atomic E-state index is -1.09. The maximum Gasteiger partial charge on any atom is 0.323 e. The van der Waals surface area contributed by atoms with Crippen molar-refractivity contribution in [1.29, 1.82) is 0 Å². The van der Waals surface area contributed by atoms with E-state index in [0.29, 0.717) is 6.42 Å². The molecule has 0 aromatic carbocycles. The second-order valence-electron chi connectivity index (χ2n) is 8.66. The van der Waals surface area contributed by atoms with Crippen LogP contribution in [0, 0.1) is 0 Å². The normalized spacial score (nSPS) is 13.2. The third-order valence-electron chi connectivity index (χ3n) is 5.49. The molecule has 192 valence electrons. The van der Waals surface area contributed by atoms with Gasteiger partial charge in [0.1, 0.15) is 11.8 Å². The van der Waals surface area contributed by atoms with E-state index in [0.717, 1.165) is 29.5 Å². The number of likely N-dealkylation sites (N-methyl/N-ethyl adjacent to an activating group) is 1. The Labute approximate surface area is 204 Å². The summed E-state index contributed by atoms with van der Waals surface area (Å²) >= 11 is 1.11. The van der Waals surface area contributed by atoms with E-state index >= 15 is 0 Å². The van der Waals surface area contributed by atoms with Crippen molar-refractivity contribution in [2.75, 3.05) is 19.3 Å². The van der Waals surface area contributed by atoms with Gasteiger partial charge in [0.05, 0.1) is 6.10 Å². The molecular formula is C25H45NO6S. The molecule has 8 heteroatoms. The Kier molecular flexibility index (Phi) is 20.0. The number of nitrogens with zero attached hydrogens (tertiary/aromatic N) is 1. The molecule has 7 nitrogen and oxygen atoms in total. The van der Waals surface area contributed by atoms with Gasteiger partial charge in [0.15, 0.2) is 0 Å². The second-order valence-corrected chi connectivity index (χ2v) is 9.97. The van der Waals surface area contributed by atoms with E-state index in [1.54, 1.807) is 0 Å². The molecule has 1 amide bonds. The molecule has 0 aromatic rings. The number of unbranched alkanes of at least 4 members (excludes halogenated alkanes) is 10. The van der Waals surface area contributed by atoms with Gasteiger partial charge in [-0.25, -0.2) is 0 Å². The van der Waals surface area contributed by atoms with Crippen LogP contribution in [0.1, 0.15) is 96.8 Å². The number of carbonyl (C=O) groups excluding carboxylic acids is 1. The van der Waals surface area contributed by atoms with E-state index in [9.17, 15) is 24.6 Å². The molecule has 0 radical (unpaired) electrons. The summed E-state index contributed by atoms with van der Waals surface area (Å²) < 4.78 is 0. The molecule has 0 fully saturated rings. The van der Waals surface area contributed by atoms with Crippen LogP contribution in [0.5, 0.6) is 0 Å². The molecule has 0 rings (SSSR count). The first-order chi connectivity index (χ1) is 15.8. The average molecular weight is 488 g/mol. The fourth-order valence-electron chi connectivity index (χ4n) is 3.47. The third-order valence-corrected chi connectivity index (χ3v) is 6.73. The number of rotatable bonds is 22. The van der Waals surface area contributed by atoms with Gasteiger partial charge in [-0.15, -0.1) is 11.8 Å². The van der Waals surface area contributed by atoms with Crippen molar-refractivity contribution in [3.63, 3.8) is 0 Å². The van der Waals surface area contributed by atoms with E-state index < -0.39 is 23.3 Å². The Morgan fingerprint density at radius 1 is 0.909 bits per heavy atom. The third kappa shape index (κ3) is 19.6. The quantitative estimate of drug-likeness (QED) is 0.143. The topological polar surface area (TPSA) is 115 Å². The lowest BCUT2D eigenvalue weighted by Crippen LogP contribution is -2.32. The van der Waals surface area contributed by atoms with Gasteiger partial charge in [-0.2, -0.15) is 0 Å². The number of aliphatic carboxylic acids is 2. The Bertz CT molecular complexity index is 569. The molecule has 0 aliphatic carbocycles. The molecule has 0 saturated heterocycles. The first-order valence-electron chi connectivity index (χ1n) is 12.4. The highest BCUT2D eigenvalue weighted by atomic mass is 32.2. The number of carboxylic acids is 2. The molecule has 0 bridgehead atoms. The molecule has 0 aliphatic heterocycles. The lowest BCUT2D eigenvalue weighted by atomic mass is 10.1. The van der Waals surface area contributed by atoms with Crippen LogP contribution in [0.15, 0.2) is 12.2 Å². The fourth-order valence-corrected chi connectivity index (χ4v) is 4.55.